The van der Waals surface area contributed by atoms with Gasteiger partial charge in [0.1, 0.15) is 12.1 Å². The van der Waals surface area contributed by atoms with Crippen LogP contribution in [0.1, 0.15) is 28.5 Å². The summed E-state index contributed by atoms with van der Waals surface area (Å²) >= 11 is 0. The lowest BCUT2D eigenvalue weighted by Gasteiger charge is -2.22. The molecule has 1 saturated heterocycles. The number of anilines is 2. The fraction of sp³-hybridized carbons (Fsp3) is 0.222. The fourth-order valence-corrected chi connectivity index (χ4v) is 4.71. The molecule has 10 heteroatoms. The normalized spacial score (nSPS) is 15.5. The molecule has 188 valence electrons. The SMILES string of the molecule is Cc1cc(-c2ccc(-n3ncn(C)c3=O)cc2)c(C)c(N2C[C@H](C)N(c3cccc(C(N)=O)c3)C2=O)n1. The topological polar surface area (TPSA) is 119 Å². The Balaban J connectivity index is 1.50. The largest absolute Gasteiger partial charge is 0.366 e. The Hall–Kier alpha value is -4.73. The predicted octanol–water partition coefficient (Wildman–Crippen LogP) is 3.18. The fourth-order valence-electron chi connectivity index (χ4n) is 4.71. The van der Waals surface area contributed by atoms with Crippen molar-refractivity contribution in [2.75, 3.05) is 16.3 Å². The number of nitrogens with zero attached hydrogens (tertiary/aromatic N) is 6. The van der Waals surface area contributed by atoms with Gasteiger partial charge in [-0.3, -0.25) is 19.2 Å². The average Bonchev–Trinajstić information content (AvgIpc) is 3.37. The number of rotatable bonds is 5. The van der Waals surface area contributed by atoms with Crippen LogP contribution in [0.3, 0.4) is 0 Å². The molecule has 10 nitrogen and oxygen atoms in total. The van der Waals surface area contributed by atoms with Crippen LogP contribution >= 0.6 is 0 Å². The Kier molecular flexibility index (Phi) is 5.87. The molecule has 4 aromatic rings. The van der Waals surface area contributed by atoms with E-state index in [0.29, 0.717) is 29.3 Å². The Morgan fingerprint density at radius 3 is 2.41 bits per heavy atom. The maximum Gasteiger partial charge on any atom is 0.350 e. The summed E-state index contributed by atoms with van der Waals surface area (Å²) < 4.78 is 2.75. The van der Waals surface area contributed by atoms with Crippen LogP contribution in [0.25, 0.3) is 16.8 Å². The number of amides is 3. The smallest absolute Gasteiger partial charge is 0.350 e. The number of hydrogen-bond acceptors (Lipinski definition) is 5. The summed E-state index contributed by atoms with van der Waals surface area (Å²) in [5.41, 5.74) is 10.4. The third kappa shape index (κ3) is 4.16. The second kappa shape index (κ2) is 9.05. The number of aromatic nitrogens is 4. The number of hydrogen-bond donors (Lipinski definition) is 1. The summed E-state index contributed by atoms with van der Waals surface area (Å²) in [4.78, 5) is 45.6. The molecule has 2 N–H and O–H groups in total. The van der Waals surface area contributed by atoms with Gasteiger partial charge in [0, 0.05) is 30.5 Å². The zero-order valence-corrected chi connectivity index (χ0v) is 21.0. The highest BCUT2D eigenvalue weighted by Gasteiger charge is 2.38. The molecule has 5 rings (SSSR count). The summed E-state index contributed by atoms with van der Waals surface area (Å²) in [5.74, 6) is 0.0446. The zero-order valence-electron chi connectivity index (χ0n) is 21.0. The molecule has 1 aliphatic heterocycles. The number of primary amides is 1. The molecule has 3 amide bonds. The molecule has 2 aromatic carbocycles. The van der Waals surface area contributed by atoms with Crippen molar-refractivity contribution in [3.05, 3.63) is 88.2 Å². The van der Waals surface area contributed by atoms with E-state index in [2.05, 4.69) is 5.10 Å². The van der Waals surface area contributed by atoms with Crippen LogP contribution in [-0.4, -0.2) is 43.9 Å². The highest BCUT2D eigenvalue weighted by molar-refractivity contribution is 6.07. The highest BCUT2D eigenvalue weighted by atomic mass is 16.2. The molecule has 1 fully saturated rings. The molecule has 0 aliphatic carbocycles. The number of urea groups is 1. The van der Waals surface area contributed by atoms with Crippen molar-refractivity contribution in [1.29, 1.82) is 0 Å². The summed E-state index contributed by atoms with van der Waals surface area (Å²) in [5, 5.41) is 4.13. The van der Waals surface area contributed by atoms with Gasteiger partial charge in [-0.1, -0.05) is 18.2 Å². The first-order valence-corrected chi connectivity index (χ1v) is 11.9. The van der Waals surface area contributed by atoms with Gasteiger partial charge in [-0.2, -0.15) is 9.78 Å². The number of aryl methyl sites for hydroxylation is 2. The van der Waals surface area contributed by atoms with Crippen molar-refractivity contribution in [1.82, 2.24) is 19.3 Å². The minimum atomic E-state index is -0.544. The molecule has 0 radical (unpaired) electrons. The Bertz CT molecular complexity index is 1590. The highest BCUT2D eigenvalue weighted by Crippen LogP contribution is 2.35. The van der Waals surface area contributed by atoms with Crippen LogP contribution in [0.4, 0.5) is 16.3 Å². The summed E-state index contributed by atoms with van der Waals surface area (Å²) in [6.07, 6.45) is 1.47. The molecule has 0 spiro atoms. The van der Waals surface area contributed by atoms with Gasteiger partial charge in [0.05, 0.1) is 11.7 Å². The lowest BCUT2D eigenvalue weighted by Crippen LogP contribution is -2.34. The Labute approximate surface area is 213 Å². The van der Waals surface area contributed by atoms with Gasteiger partial charge in [0.25, 0.3) is 0 Å². The molecule has 0 bridgehead atoms. The van der Waals surface area contributed by atoms with Crippen molar-refractivity contribution in [2.24, 2.45) is 12.8 Å². The molecular weight excluding hydrogens is 470 g/mol. The molecular formula is C27H27N7O3. The second-order valence-corrected chi connectivity index (χ2v) is 9.27. The van der Waals surface area contributed by atoms with E-state index in [9.17, 15) is 14.4 Å². The van der Waals surface area contributed by atoms with Crippen LogP contribution in [0.15, 0.2) is 65.7 Å². The lowest BCUT2D eigenvalue weighted by molar-refractivity contribution is 0.1000. The number of pyridine rings is 1. The lowest BCUT2D eigenvalue weighted by atomic mass is 10.00. The maximum atomic E-state index is 13.6. The first-order chi connectivity index (χ1) is 17.7. The van der Waals surface area contributed by atoms with E-state index < -0.39 is 5.91 Å². The molecule has 1 atom stereocenters. The first-order valence-electron chi connectivity index (χ1n) is 11.9. The standard InChI is InChI=1S/C27H27N7O3/c1-16-12-23(19-8-10-21(11-9-19)34-26(36)31(4)15-29-34)18(3)25(30-16)32-14-17(2)33(27(32)37)22-7-5-6-20(13-22)24(28)35/h5-13,15,17H,14H2,1-4H3,(H2,28,35)/t17-/m0/s1. The van der Waals surface area contributed by atoms with Gasteiger partial charge in [-0.15, -0.1) is 0 Å². The molecule has 37 heavy (non-hydrogen) atoms. The van der Waals surface area contributed by atoms with Gasteiger partial charge < -0.3 is 5.73 Å². The van der Waals surface area contributed by atoms with Crippen molar-refractivity contribution >= 4 is 23.4 Å². The van der Waals surface area contributed by atoms with Crippen molar-refractivity contribution in [2.45, 2.75) is 26.8 Å². The third-order valence-electron chi connectivity index (χ3n) is 6.61. The first kappa shape index (κ1) is 24.0. The molecule has 0 saturated carbocycles. The van der Waals surface area contributed by atoms with E-state index in [1.165, 1.54) is 15.6 Å². The van der Waals surface area contributed by atoms with Gasteiger partial charge in [-0.25, -0.2) is 14.6 Å². The van der Waals surface area contributed by atoms with E-state index in [1.807, 2.05) is 51.1 Å². The number of carbonyl (C=O) groups excluding carboxylic acids is 2. The zero-order chi connectivity index (χ0) is 26.4. The third-order valence-corrected chi connectivity index (χ3v) is 6.61. The average molecular weight is 498 g/mol. The van der Waals surface area contributed by atoms with Gasteiger partial charge in [0.2, 0.25) is 5.91 Å². The van der Waals surface area contributed by atoms with E-state index in [1.54, 1.807) is 41.1 Å². The van der Waals surface area contributed by atoms with Crippen molar-refractivity contribution in [3.8, 4) is 16.8 Å². The van der Waals surface area contributed by atoms with Crippen LogP contribution in [0.5, 0.6) is 0 Å². The van der Waals surface area contributed by atoms with Crippen molar-refractivity contribution in [3.63, 3.8) is 0 Å². The van der Waals surface area contributed by atoms with Crippen LogP contribution in [0, 0.1) is 13.8 Å². The van der Waals surface area contributed by atoms with Gasteiger partial charge in [-0.05, 0) is 73.9 Å². The summed E-state index contributed by atoms with van der Waals surface area (Å²) in [6, 6.07) is 15.9. The number of nitrogens with two attached hydrogens (primary N) is 1. The van der Waals surface area contributed by atoms with E-state index >= 15 is 0 Å². The Morgan fingerprint density at radius 1 is 1.03 bits per heavy atom. The van der Waals surface area contributed by atoms with E-state index in [0.717, 1.165) is 22.4 Å². The predicted molar refractivity (Wildman–Crippen MR) is 141 cm³/mol. The molecule has 3 heterocycles. The van der Waals surface area contributed by atoms with Crippen molar-refractivity contribution < 1.29 is 9.59 Å². The summed E-state index contributed by atoms with van der Waals surface area (Å²) in [7, 11) is 1.65. The minimum absolute atomic E-state index is 0.142. The molecule has 0 unspecified atom stereocenters. The second-order valence-electron chi connectivity index (χ2n) is 9.27. The molecule has 2 aromatic heterocycles. The van der Waals surface area contributed by atoms with Crippen LogP contribution in [0.2, 0.25) is 0 Å². The minimum Gasteiger partial charge on any atom is -0.366 e. The number of benzene rings is 2. The number of carbonyl (C=O) groups is 2. The maximum absolute atomic E-state index is 13.6. The monoisotopic (exact) mass is 497 g/mol. The Morgan fingerprint density at radius 2 is 1.76 bits per heavy atom. The van der Waals surface area contributed by atoms with E-state index in [4.69, 9.17) is 10.7 Å². The van der Waals surface area contributed by atoms with Crippen LogP contribution in [-0.2, 0) is 7.05 Å². The van der Waals surface area contributed by atoms with Gasteiger partial charge >= 0.3 is 11.7 Å². The molecule has 1 aliphatic rings. The van der Waals surface area contributed by atoms with Crippen LogP contribution < -0.4 is 21.2 Å². The van der Waals surface area contributed by atoms with E-state index in [-0.39, 0.29) is 17.8 Å². The quantitative estimate of drug-likeness (QED) is 0.454. The van der Waals surface area contributed by atoms with Gasteiger partial charge in [0.15, 0.2) is 0 Å². The summed E-state index contributed by atoms with van der Waals surface area (Å²) in [6.45, 7) is 6.24.